The third-order valence-corrected chi connectivity index (χ3v) is 6.31. The number of nitrogen functional groups attached to an aromatic ring is 1. The molecular weight excluding hydrogens is 458 g/mol. The van der Waals surface area contributed by atoms with Gasteiger partial charge in [-0.25, -0.2) is 4.99 Å². The van der Waals surface area contributed by atoms with Crippen LogP contribution in [0.3, 0.4) is 0 Å². The number of hydrogen-bond donors (Lipinski definition) is 1. The Labute approximate surface area is 217 Å². The molecule has 0 aliphatic heterocycles. The van der Waals surface area contributed by atoms with Crippen LogP contribution < -0.4 is 10.5 Å². The highest BCUT2D eigenvalue weighted by Crippen LogP contribution is 2.36. The first-order valence-corrected chi connectivity index (χ1v) is 12.3. The second-order valence-corrected chi connectivity index (χ2v) is 8.66. The van der Waals surface area contributed by atoms with Gasteiger partial charge in [-0.3, -0.25) is 9.67 Å². The van der Waals surface area contributed by atoms with E-state index in [1.165, 1.54) is 0 Å². The van der Waals surface area contributed by atoms with E-state index in [0.29, 0.717) is 12.4 Å². The quantitative estimate of drug-likeness (QED) is 0.260. The molecule has 37 heavy (non-hydrogen) atoms. The van der Waals surface area contributed by atoms with Crippen LogP contribution in [0, 0.1) is 0 Å². The first-order chi connectivity index (χ1) is 18.2. The van der Waals surface area contributed by atoms with Crippen LogP contribution in [0.1, 0.15) is 29.2 Å². The van der Waals surface area contributed by atoms with Crippen molar-refractivity contribution in [2.45, 2.75) is 19.9 Å². The third-order valence-electron chi connectivity index (χ3n) is 6.31. The summed E-state index contributed by atoms with van der Waals surface area (Å²) >= 11 is 0. The van der Waals surface area contributed by atoms with Crippen molar-refractivity contribution in [2.24, 2.45) is 4.99 Å². The molecule has 0 saturated heterocycles. The molecule has 0 amide bonds. The van der Waals surface area contributed by atoms with Crippen molar-refractivity contribution in [1.82, 2.24) is 14.8 Å². The summed E-state index contributed by atoms with van der Waals surface area (Å²) in [6.45, 7) is 2.66. The molecule has 0 fully saturated rings. The average Bonchev–Trinajstić information content (AvgIpc) is 3.27. The van der Waals surface area contributed by atoms with Crippen LogP contribution >= 0.6 is 0 Å². The second kappa shape index (κ2) is 10.9. The summed E-state index contributed by atoms with van der Waals surface area (Å²) in [6, 6.07) is 30.4. The van der Waals surface area contributed by atoms with Crippen LogP contribution in [0.25, 0.3) is 11.3 Å². The molecule has 2 heterocycles. The van der Waals surface area contributed by atoms with E-state index in [4.69, 9.17) is 20.6 Å². The maximum Gasteiger partial charge on any atom is 0.149 e. The van der Waals surface area contributed by atoms with Gasteiger partial charge < -0.3 is 10.5 Å². The van der Waals surface area contributed by atoms with Gasteiger partial charge in [0.05, 0.1) is 36.9 Å². The summed E-state index contributed by atoms with van der Waals surface area (Å²) in [5, 5.41) is 4.73. The molecule has 0 spiro atoms. The fraction of sp³-hybridized carbons (Fsp3) is 0.129. The van der Waals surface area contributed by atoms with Crippen molar-refractivity contribution in [3.8, 4) is 17.0 Å². The van der Waals surface area contributed by atoms with Gasteiger partial charge in [0, 0.05) is 28.5 Å². The Kier molecular flexibility index (Phi) is 7.08. The fourth-order valence-corrected chi connectivity index (χ4v) is 4.47. The number of aliphatic imine (C=N–C) groups is 1. The zero-order chi connectivity index (χ0) is 25.6. The minimum Gasteiger partial charge on any atom is -0.497 e. The van der Waals surface area contributed by atoms with E-state index >= 15 is 0 Å². The van der Waals surface area contributed by atoms with E-state index in [1.807, 2.05) is 77.6 Å². The van der Waals surface area contributed by atoms with Gasteiger partial charge in [0.2, 0.25) is 0 Å². The van der Waals surface area contributed by atoms with Gasteiger partial charge in [0.15, 0.2) is 0 Å². The normalized spacial score (nSPS) is 10.8. The van der Waals surface area contributed by atoms with Gasteiger partial charge in [-0.05, 0) is 30.2 Å². The molecule has 6 nitrogen and oxygen atoms in total. The Hall–Kier alpha value is -4.71. The van der Waals surface area contributed by atoms with Crippen LogP contribution in [0.5, 0.6) is 5.75 Å². The third kappa shape index (κ3) is 5.14. The number of aromatic nitrogens is 3. The molecule has 184 valence electrons. The summed E-state index contributed by atoms with van der Waals surface area (Å²) < 4.78 is 7.28. The molecule has 0 radical (unpaired) electrons. The molecule has 0 saturated carbocycles. The molecule has 2 aromatic heterocycles. The largest absolute Gasteiger partial charge is 0.497 e. The molecule has 0 bridgehead atoms. The molecule has 0 unspecified atom stereocenters. The summed E-state index contributed by atoms with van der Waals surface area (Å²) in [5.41, 5.74) is 14.1. The maximum absolute atomic E-state index is 6.42. The lowest BCUT2D eigenvalue weighted by atomic mass is 10.0. The molecule has 3 aromatic carbocycles. The molecule has 5 aromatic rings. The van der Waals surface area contributed by atoms with E-state index in [9.17, 15) is 0 Å². The highest BCUT2D eigenvalue weighted by Gasteiger charge is 2.20. The molecule has 0 atom stereocenters. The zero-order valence-electron chi connectivity index (χ0n) is 21.0. The SMILES string of the molecule is CCc1c(N)nn(Cc2ccc(OC)cc2)c1-c1ccncc1N=C(c1ccccc1)c1ccccc1. The second-order valence-electron chi connectivity index (χ2n) is 8.66. The minimum atomic E-state index is 0.532. The van der Waals surface area contributed by atoms with Gasteiger partial charge in [0.1, 0.15) is 11.6 Å². The van der Waals surface area contributed by atoms with Gasteiger partial charge >= 0.3 is 0 Å². The number of hydrogen-bond acceptors (Lipinski definition) is 5. The number of ether oxygens (including phenoxy) is 1. The Morgan fingerprint density at radius 1 is 0.892 bits per heavy atom. The summed E-state index contributed by atoms with van der Waals surface area (Å²) in [7, 11) is 1.67. The van der Waals surface area contributed by atoms with E-state index in [0.717, 1.165) is 57.1 Å². The Morgan fingerprint density at radius 3 is 2.14 bits per heavy atom. The minimum absolute atomic E-state index is 0.532. The Bertz CT molecular complexity index is 1470. The van der Waals surface area contributed by atoms with E-state index < -0.39 is 0 Å². The molecule has 0 aliphatic rings. The lowest BCUT2D eigenvalue weighted by molar-refractivity contribution is 0.414. The smallest absolute Gasteiger partial charge is 0.149 e. The van der Waals surface area contributed by atoms with Gasteiger partial charge in [-0.15, -0.1) is 0 Å². The monoisotopic (exact) mass is 487 g/mol. The summed E-state index contributed by atoms with van der Waals surface area (Å²) in [4.78, 5) is 9.61. The fourth-order valence-electron chi connectivity index (χ4n) is 4.47. The maximum atomic E-state index is 6.42. The number of anilines is 1. The predicted octanol–water partition coefficient (Wildman–Crippen LogP) is 6.32. The summed E-state index contributed by atoms with van der Waals surface area (Å²) in [5.74, 6) is 1.35. The van der Waals surface area contributed by atoms with Crippen molar-refractivity contribution >= 4 is 17.2 Å². The molecular formula is C31H29N5O. The van der Waals surface area contributed by atoms with Gasteiger partial charge in [-0.2, -0.15) is 5.10 Å². The number of methoxy groups -OCH3 is 1. The van der Waals surface area contributed by atoms with Crippen molar-refractivity contribution in [2.75, 3.05) is 12.8 Å². The average molecular weight is 488 g/mol. The van der Waals surface area contributed by atoms with Crippen molar-refractivity contribution < 1.29 is 4.74 Å². The number of nitrogens with two attached hydrogens (primary N) is 1. The number of rotatable bonds is 8. The standard InChI is InChI=1S/C31H29N5O/c1-3-26-30(36(35-31(26)32)21-22-14-16-25(37-2)17-15-22)27-18-19-33-20-28(27)34-29(23-10-6-4-7-11-23)24-12-8-5-9-13-24/h4-20H,3,21H2,1-2H3,(H2,32,35). The van der Waals surface area contributed by atoms with Crippen LogP contribution in [0.4, 0.5) is 11.5 Å². The molecule has 0 aliphatic carbocycles. The first kappa shape index (κ1) is 24.0. The lowest BCUT2D eigenvalue weighted by Gasteiger charge is -2.13. The topological polar surface area (TPSA) is 78.3 Å². The number of benzene rings is 3. The van der Waals surface area contributed by atoms with Crippen LogP contribution in [0.15, 0.2) is 108 Å². The first-order valence-electron chi connectivity index (χ1n) is 12.3. The van der Waals surface area contributed by atoms with Crippen molar-refractivity contribution in [1.29, 1.82) is 0 Å². The van der Waals surface area contributed by atoms with Crippen molar-refractivity contribution in [3.05, 3.63) is 126 Å². The Balaban J connectivity index is 1.66. The zero-order valence-corrected chi connectivity index (χ0v) is 21.0. The number of pyridine rings is 1. The highest BCUT2D eigenvalue weighted by molar-refractivity contribution is 6.14. The van der Waals surface area contributed by atoms with E-state index in [2.05, 4.69) is 36.2 Å². The van der Waals surface area contributed by atoms with E-state index in [-0.39, 0.29) is 0 Å². The number of nitrogens with zero attached hydrogens (tertiary/aromatic N) is 4. The molecule has 5 rings (SSSR count). The Morgan fingerprint density at radius 2 is 1.54 bits per heavy atom. The van der Waals surface area contributed by atoms with Gasteiger partial charge in [-0.1, -0.05) is 79.7 Å². The van der Waals surface area contributed by atoms with Gasteiger partial charge in [0.25, 0.3) is 0 Å². The predicted molar refractivity (Wildman–Crippen MR) is 150 cm³/mol. The van der Waals surface area contributed by atoms with Crippen LogP contribution in [-0.4, -0.2) is 27.6 Å². The summed E-state index contributed by atoms with van der Waals surface area (Å²) in [6.07, 6.45) is 4.35. The molecule has 2 N–H and O–H groups in total. The van der Waals surface area contributed by atoms with Crippen molar-refractivity contribution in [3.63, 3.8) is 0 Å². The highest BCUT2D eigenvalue weighted by atomic mass is 16.5. The van der Waals surface area contributed by atoms with Crippen LogP contribution in [0.2, 0.25) is 0 Å². The van der Waals surface area contributed by atoms with E-state index in [1.54, 1.807) is 13.3 Å². The lowest BCUT2D eigenvalue weighted by Crippen LogP contribution is -2.06. The molecule has 6 heteroatoms. The van der Waals surface area contributed by atoms with Crippen LogP contribution in [-0.2, 0) is 13.0 Å².